The van der Waals surface area contributed by atoms with Gasteiger partial charge in [0.25, 0.3) is 0 Å². The second-order valence-corrected chi connectivity index (χ2v) is 5.75. The zero-order valence-corrected chi connectivity index (χ0v) is 13.8. The highest BCUT2D eigenvalue weighted by Crippen LogP contribution is 2.35. The van der Waals surface area contributed by atoms with Crippen LogP contribution in [0, 0.1) is 18.2 Å². The van der Waals surface area contributed by atoms with E-state index in [1.54, 1.807) is 12.1 Å². The number of ether oxygens (including phenoxy) is 1. The van der Waals surface area contributed by atoms with Gasteiger partial charge in [-0.15, -0.1) is 19.6 Å². The van der Waals surface area contributed by atoms with E-state index in [0.29, 0.717) is 5.39 Å². The molecule has 0 N–H and O–H groups in total. The van der Waals surface area contributed by atoms with Gasteiger partial charge in [0.2, 0.25) is 0 Å². The van der Waals surface area contributed by atoms with Crippen molar-refractivity contribution >= 4 is 10.8 Å². The van der Waals surface area contributed by atoms with Gasteiger partial charge in [0.1, 0.15) is 0 Å². The minimum Gasteiger partial charge on any atom is -0.401 e. The Morgan fingerprint density at radius 3 is 2.23 bits per heavy atom. The van der Waals surface area contributed by atoms with Crippen molar-refractivity contribution in [2.45, 2.75) is 19.7 Å². The van der Waals surface area contributed by atoms with Crippen molar-refractivity contribution < 1.29 is 22.3 Å². The number of hydrogen-bond acceptors (Lipinski definition) is 1. The molecule has 0 fully saturated rings. The molecule has 0 bridgehead atoms. The highest BCUT2D eigenvalue weighted by molar-refractivity contribution is 5.90. The summed E-state index contributed by atoms with van der Waals surface area (Å²) in [5.41, 5.74) is 2.63. The molecule has 3 aromatic rings. The first-order valence-corrected chi connectivity index (χ1v) is 7.90. The molecule has 0 unspecified atom stereocenters. The Hall–Kier alpha value is -3.00. The average molecular weight is 358 g/mol. The molecule has 3 aromatic carbocycles. The second-order valence-electron chi connectivity index (χ2n) is 5.75. The summed E-state index contributed by atoms with van der Waals surface area (Å²) in [5.74, 6) is -0.0431. The molecule has 0 saturated heterocycles. The smallest absolute Gasteiger partial charge is 0.401 e. The summed E-state index contributed by atoms with van der Waals surface area (Å²) in [5, 5.41) is 0.416. The van der Waals surface area contributed by atoms with Crippen LogP contribution >= 0.6 is 0 Å². The zero-order chi connectivity index (χ0) is 18.9. The lowest BCUT2D eigenvalue weighted by atomic mass is 9.98. The molecule has 132 valence electrons. The SMILES string of the molecule is C#Cc1cc2cc(-c3ccc(CC)cc3)ccc2c(F)c1OC(F)(F)F. The number of terminal acetylenes is 1. The van der Waals surface area contributed by atoms with Gasteiger partial charge in [-0.2, -0.15) is 0 Å². The van der Waals surface area contributed by atoms with Crippen LogP contribution in [0.5, 0.6) is 5.75 Å². The number of rotatable bonds is 3. The molecule has 0 spiro atoms. The lowest BCUT2D eigenvalue weighted by Gasteiger charge is -2.14. The Labute approximate surface area is 148 Å². The summed E-state index contributed by atoms with van der Waals surface area (Å²) in [7, 11) is 0. The van der Waals surface area contributed by atoms with Crippen molar-refractivity contribution in [3.63, 3.8) is 0 Å². The van der Waals surface area contributed by atoms with Gasteiger partial charge in [0.15, 0.2) is 11.6 Å². The van der Waals surface area contributed by atoms with Gasteiger partial charge in [-0.3, -0.25) is 0 Å². The van der Waals surface area contributed by atoms with E-state index in [9.17, 15) is 17.6 Å². The third-order valence-electron chi connectivity index (χ3n) is 4.10. The first-order chi connectivity index (χ1) is 12.3. The van der Waals surface area contributed by atoms with Gasteiger partial charge in [0.05, 0.1) is 5.56 Å². The molecule has 0 atom stereocenters. The summed E-state index contributed by atoms with van der Waals surface area (Å²) in [6.45, 7) is 2.05. The number of alkyl halides is 3. The third kappa shape index (κ3) is 3.50. The van der Waals surface area contributed by atoms with E-state index in [4.69, 9.17) is 6.42 Å². The molecular formula is C21H14F4O. The molecule has 0 saturated carbocycles. The highest BCUT2D eigenvalue weighted by Gasteiger charge is 2.34. The molecule has 0 aliphatic rings. The van der Waals surface area contributed by atoms with Gasteiger partial charge in [-0.05, 0) is 40.6 Å². The zero-order valence-electron chi connectivity index (χ0n) is 13.8. The van der Waals surface area contributed by atoms with E-state index in [0.717, 1.165) is 17.5 Å². The summed E-state index contributed by atoms with van der Waals surface area (Å²) in [6, 6.07) is 14.0. The Kier molecular flexibility index (Phi) is 4.60. The van der Waals surface area contributed by atoms with Crippen LogP contribution in [0.15, 0.2) is 48.5 Å². The largest absolute Gasteiger partial charge is 0.573 e. The molecule has 5 heteroatoms. The second kappa shape index (κ2) is 6.72. The number of benzene rings is 3. The van der Waals surface area contributed by atoms with E-state index in [2.05, 4.69) is 17.6 Å². The summed E-state index contributed by atoms with van der Waals surface area (Å²) >= 11 is 0. The minimum atomic E-state index is -5.03. The van der Waals surface area contributed by atoms with Gasteiger partial charge < -0.3 is 4.74 Å². The molecule has 3 rings (SSSR count). The molecule has 1 nitrogen and oxygen atoms in total. The molecule has 0 aliphatic carbocycles. The Balaban J connectivity index is 2.13. The third-order valence-corrected chi connectivity index (χ3v) is 4.10. The van der Waals surface area contributed by atoms with Crippen molar-refractivity contribution in [2.75, 3.05) is 0 Å². The maximum Gasteiger partial charge on any atom is 0.573 e. The van der Waals surface area contributed by atoms with Crippen LogP contribution in [0.1, 0.15) is 18.1 Å². The first-order valence-electron chi connectivity index (χ1n) is 7.90. The van der Waals surface area contributed by atoms with E-state index in [1.165, 1.54) is 17.7 Å². The fourth-order valence-electron chi connectivity index (χ4n) is 2.78. The Morgan fingerprint density at radius 1 is 1.00 bits per heavy atom. The number of hydrogen-bond donors (Lipinski definition) is 0. The van der Waals surface area contributed by atoms with Crippen molar-refractivity contribution in [1.29, 1.82) is 0 Å². The lowest BCUT2D eigenvalue weighted by Crippen LogP contribution is -2.19. The van der Waals surface area contributed by atoms with Gasteiger partial charge in [-0.25, -0.2) is 4.39 Å². The van der Waals surface area contributed by atoms with Crippen LogP contribution < -0.4 is 4.74 Å². The van der Waals surface area contributed by atoms with Crippen molar-refractivity contribution in [3.05, 3.63) is 65.5 Å². The van der Waals surface area contributed by atoms with Gasteiger partial charge >= 0.3 is 6.36 Å². The first kappa shape index (κ1) is 17.8. The van der Waals surface area contributed by atoms with E-state index < -0.39 is 17.9 Å². The van der Waals surface area contributed by atoms with Crippen molar-refractivity contribution in [2.24, 2.45) is 0 Å². The maximum atomic E-state index is 14.6. The van der Waals surface area contributed by atoms with Crippen LogP contribution in [-0.2, 0) is 6.42 Å². The molecule has 0 aliphatic heterocycles. The fourth-order valence-corrected chi connectivity index (χ4v) is 2.78. The molecular weight excluding hydrogens is 344 g/mol. The fraction of sp³-hybridized carbons (Fsp3) is 0.143. The van der Waals surface area contributed by atoms with Crippen LogP contribution in [-0.4, -0.2) is 6.36 Å². The minimum absolute atomic E-state index is 0.0113. The quantitative estimate of drug-likeness (QED) is 0.407. The van der Waals surface area contributed by atoms with Crippen molar-refractivity contribution in [1.82, 2.24) is 0 Å². The van der Waals surface area contributed by atoms with Crippen LogP contribution in [0.2, 0.25) is 0 Å². The predicted octanol–water partition coefficient (Wildman–Crippen LogP) is 6.09. The standard InChI is InChI=1S/C21H14F4O/c1-3-13-5-7-15(8-6-13)16-9-10-18-17(12-16)11-14(4-2)20(19(18)22)26-21(23,24)25/h2,5-12H,3H2,1H3. The number of aryl methyl sites for hydroxylation is 1. The number of halogens is 4. The van der Waals surface area contributed by atoms with E-state index >= 15 is 0 Å². The lowest BCUT2D eigenvalue weighted by molar-refractivity contribution is -0.275. The Morgan fingerprint density at radius 2 is 1.65 bits per heavy atom. The van der Waals surface area contributed by atoms with Crippen LogP contribution in [0.25, 0.3) is 21.9 Å². The highest BCUT2D eigenvalue weighted by atomic mass is 19.4. The predicted molar refractivity (Wildman–Crippen MR) is 93.3 cm³/mol. The van der Waals surface area contributed by atoms with Crippen LogP contribution in [0.4, 0.5) is 17.6 Å². The van der Waals surface area contributed by atoms with Crippen LogP contribution in [0.3, 0.4) is 0 Å². The number of fused-ring (bicyclic) bond motifs is 1. The summed E-state index contributed by atoms with van der Waals surface area (Å²) in [4.78, 5) is 0. The molecule has 0 aromatic heterocycles. The van der Waals surface area contributed by atoms with Gasteiger partial charge in [-0.1, -0.05) is 49.2 Å². The van der Waals surface area contributed by atoms with E-state index in [-0.39, 0.29) is 10.9 Å². The molecule has 0 radical (unpaired) electrons. The maximum absolute atomic E-state index is 14.6. The average Bonchev–Trinajstić information content (AvgIpc) is 2.62. The monoisotopic (exact) mass is 358 g/mol. The van der Waals surface area contributed by atoms with E-state index in [1.807, 2.05) is 24.3 Å². The van der Waals surface area contributed by atoms with Gasteiger partial charge in [0, 0.05) is 5.39 Å². The molecule has 0 amide bonds. The molecule has 0 heterocycles. The Bertz CT molecular complexity index is 996. The van der Waals surface area contributed by atoms with Crippen molar-refractivity contribution in [3.8, 4) is 29.2 Å². The molecule has 26 heavy (non-hydrogen) atoms. The summed E-state index contributed by atoms with van der Waals surface area (Å²) in [6.07, 6.45) is 1.13. The normalized spacial score (nSPS) is 11.4. The topological polar surface area (TPSA) is 9.23 Å². The summed E-state index contributed by atoms with van der Waals surface area (Å²) < 4.78 is 55.9.